The van der Waals surface area contributed by atoms with Gasteiger partial charge in [-0.3, -0.25) is 0 Å². The maximum Gasteiger partial charge on any atom is 0.102 e. The van der Waals surface area contributed by atoms with Crippen molar-refractivity contribution in [3.05, 3.63) is 28.8 Å². The minimum absolute atomic E-state index is 0.504. The van der Waals surface area contributed by atoms with Crippen LogP contribution in [-0.2, 0) is 0 Å². The second kappa shape index (κ2) is 5.13. The lowest BCUT2D eigenvalue weighted by Gasteiger charge is -2.03. The standard InChI is InChI=1S/C9H9ClN2S/c10-8-2-1-3-9(7(8)6-12)13-5-4-11/h1-3H,4-5,11H2. The first-order valence-electron chi connectivity index (χ1n) is 3.81. The number of nitriles is 1. The van der Waals surface area contributed by atoms with E-state index in [1.165, 1.54) is 0 Å². The summed E-state index contributed by atoms with van der Waals surface area (Å²) in [6.07, 6.45) is 0. The van der Waals surface area contributed by atoms with Crippen molar-refractivity contribution in [3.63, 3.8) is 0 Å². The fourth-order valence-electron chi connectivity index (χ4n) is 0.902. The predicted octanol–water partition coefficient (Wildman–Crippen LogP) is 2.26. The van der Waals surface area contributed by atoms with Gasteiger partial charge in [-0.15, -0.1) is 11.8 Å². The fraction of sp³-hybridized carbons (Fsp3) is 0.222. The summed E-state index contributed by atoms with van der Waals surface area (Å²) >= 11 is 7.40. The summed E-state index contributed by atoms with van der Waals surface area (Å²) in [7, 11) is 0. The minimum atomic E-state index is 0.504. The molecule has 0 aliphatic heterocycles. The third kappa shape index (κ3) is 2.63. The van der Waals surface area contributed by atoms with Gasteiger partial charge in [-0.05, 0) is 12.1 Å². The zero-order chi connectivity index (χ0) is 9.68. The Labute approximate surface area is 86.7 Å². The molecule has 1 rings (SSSR count). The van der Waals surface area contributed by atoms with Gasteiger partial charge in [-0.2, -0.15) is 5.26 Å². The van der Waals surface area contributed by atoms with Crippen LogP contribution in [0.4, 0.5) is 0 Å². The van der Waals surface area contributed by atoms with Crippen molar-refractivity contribution in [2.75, 3.05) is 12.3 Å². The van der Waals surface area contributed by atoms with Crippen molar-refractivity contribution in [1.82, 2.24) is 0 Å². The number of nitrogens with zero attached hydrogens (tertiary/aromatic N) is 1. The van der Waals surface area contributed by atoms with Gasteiger partial charge in [0, 0.05) is 17.2 Å². The summed E-state index contributed by atoms with van der Waals surface area (Å²) in [6, 6.07) is 7.51. The van der Waals surface area contributed by atoms with Crippen LogP contribution in [0.3, 0.4) is 0 Å². The smallest absolute Gasteiger partial charge is 0.102 e. The van der Waals surface area contributed by atoms with E-state index in [4.69, 9.17) is 22.6 Å². The molecule has 0 saturated carbocycles. The van der Waals surface area contributed by atoms with Gasteiger partial charge in [-0.1, -0.05) is 17.7 Å². The summed E-state index contributed by atoms with van der Waals surface area (Å²) in [5.74, 6) is 0.801. The number of benzene rings is 1. The summed E-state index contributed by atoms with van der Waals surface area (Å²) in [5.41, 5.74) is 5.91. The second-order valence-electron chi connectivity index (χ2n) is 2.36. The second-order valence-corrected chi connectivity index (χ2v) is 3.91. The molecular weight excluding hydrogens is 204 g/mol. The lowest BCUT2D eigenvalue weighted by Crippen LogP contribution is -2.01. The highest BCUT2D eigenvalue weighted by molar-refractivity contribution is 7.99. The van der Waals surface area contributed by atoms with E-state index >= 15 is 0 Å². The molecule has 0 bridgehead atoms. The van der Waals surface area contributed by atoms with E-state index in [1.54, 1.807) is 17.8 Å². The molecule has 2 nitrogen and oxygen atoms in total. The Bertz CT molecular complexity index is 333. The fourth-order valence-corrected chi connectivity index (χ4v) is 1.99. The molecule has 0 unspecified atom stereocenters. The predicted molar refractivity (Wildman–Crippen MR) is 55.9 cm³/mol. The van der Waals surface area contributed by atoms with Gasteiger partial charge in [0.25, 0.3) is 0 Å². The largest absolute Gasteiger partial charge is 0.330 e. The molecule has 0 spiro atoms. The maximum atomic E-state index is 8.82. The van der Waals surface area contributed by atoms with Gasteiger partial charge < -0.3 is 5.73 Å². The maximum absolute atomic E-state index is 8.82. The molecule has 68 valence electrons. The Kier molecular flexibility index (Phi) is 4.10. The minimum Gasteiger partial charge on any atom is -0.330 e. The molecule has 0 heterocycles. The quantitative estimate of drug-likeness (QED) is 0.782. The number of thioether (sulfide) groups is 1. The summed E-state index contributed by atoms with van der Waals surface area (Å²) in [5, 5.41) is 9.32. The molecule has 1 aromatic carbocycles. The highest BCUT2D eigenvalue weighted by Crippen LogP contribution is 2.27. The average molecular weight is 213 g/mol. The Morgan fingerprint density at radius 2 is 2.31 bits per heavy atom. The van der Waals surface area contributed by atoms with Crippen LogP contribution in [0.2, 0.25) is 5.02 Å². The third-order valence-electron chi connectivity index (χ3n) is 1.46. The monoisotopic (exact) mass is 212 g/mol. The van der Waals surface area contributed by atoms with Crippen molar-refractivity contribution in [2.24, 2.45) is 5.73 Å². The van der Waals surface area contributed by atoms with Gasteiger partial charge in [0.2, 0.25) is 0 Å². The van der Waals surface area contributed by atoms with Crippen LogP contribution in [0.1, 0.15) is 5.56 Å². The van der Waals surface area contributed by atoms with Crippen molar-refractivity contribution in [3.8, 4) is 6.07 Å². The Hall–Kier alpha value is -0.690. The molecule has 0 radical (unpaired) electrons. The van der Waals surface area contributed by atoms with E-state index in [0.29, 0.717) is 17.1 Å². The van der Waals surface area contributed by atoms with E-state index in [9.17, 15) is 0 Å². The van der Waals surface area contributed by atoms with E-state index in [0.717, 1.165) is 10.6 Å². The zero-order valence-electron chi connectivity index (χ0n) is 6.96. The van der Waals surface area contributed by atoms with Crippen LogP contribution in [0.25, 0.3) is 0 Å². The van der Waals surface area contributed by atoms with E-state index in [-0.39, 0.29) is 0 Å². The summed E-state index contributed by atoms with van der Waals surface area (Å²) < 4.78 is 0. The van der Waals surface area contributed by atoms with Gasteiger partial charge in [-0.25, -0.2) is 0 Å². The molecule has 4 heteroatoms. The Morgan fingerprint density at radius 1 is 1.54 bits per heavy atom. The third-order valence-corrected chi connectivity index (χ3v) is 2.87. The molecular formula is C9H9ClN2S. The molecule has 0 fully saturated rings. The number of nitrogens with two attached hydrogens (primary N) is 1. The lowest BCUT2D eigenvalue weighted by molar-refractivity contribution is 1.15. The highest BCUT2D eigenvalue weighted by atomic mass is 35.5. The van der Waals surface area contributed by atoms with Gasteiger partial charge >= 0.3 is 0 Å². The highest BCUT2D eigenvalue weighted by Gasteiger charge is 2.05. The molecule has 0 saturated heterocycles. The van der Waals surface area contributed by atoms with Crippen molar-refractivity contribution in [2.45, 2.75) is 4.90 Å². The molecule has 2 N–H and O–H groups in total. The first-order chi connectivity index (χ1) is 6.29. The van der Waals surface area contributed by atoms with Crippen molar-refractivity contribution >= 4 is 23.4 Å². The summed E-state index contributed by atoms with van der Waals surface area (Å²) in [4.78, 5) is 0.903. The molecule has 0 aliphatic carbocycles. The molecule has 0 atom stereocenters. The molecule has 0 aromatic heterocycles. The van der Waals surface area contributed by atoms with Crippen LogP contribution < -0.4 is 5.73 Å². The van der Waals surface area contributed by atoms with Crippen molar-refractivity contribution in [1.29, 1.82) is 5.26 Å². The van der Waals surface area contributed by atoms with Crippen LogP contribution in [0, 0.1) is 11.3 Å². The van der Waals surface area contributed by atoms with Crippen LogP contribution in [0.5, 0.6) is 0 Å². The van der Waals surface area contributed by atoms with Gasteiger partial charge in [0.05, 0.1) is 10.6 Å². The summed E-state index contributed by atoms with van der Waals surface area (Å²) in [6.45, 7) is 0.599. The van der Waals surface area contributed by atoms with Gasteiger partial charge in [0.15, 0.2) is 0 Å². The van der Waals surface area contributed by atoms with Gasteiger partial charge in [0.1, 0.15) is 6.07 Å². The van der Waals surface area contributed by atoms with E-state index in [1.807, 2.05) is 12.1 Å². The molecule has 0 amide bonds. The molecule has 1 aromatic rings. The van der Waals surface area contributed by atoms with Crippen LogP contribution >= 0.6 is 23.4 Å². The van der Waals surface area contributed by atoms with E-state index in [2.05, 4.69) is 6.07 Å². The Balaban J connectivity index is 2.93. The number of hydrogen-bond donors (Lipinski definition) is 1. The Morgan fingerprint density at radius 3 is 2.92 bits per heavy atom. The first-order valence-corrected chi connectivity index (χ1v) is 5.17. The first kappa shape index (κ1) is 10.4. The number of hydrogen-bond acceptors (Lipinski definition) is 3. The zero-order valence-corrected chi connectivity index (χ0v) is 8.53. The van der Waals surface area contributed by atoms with Crippen LogP contribution in [0.15, 0.2) is 23.1 Å². The SMILES string of the molecule is N#Cc1c(Cl)cccc1SCCN. The average Bonchev–Trinajstić information content (AvgIpc) is 2.15. The van der Waals surface area contributed by atoms with Crippen molar-refractivity contribution < 1.29 is 0 Å². The number of halogens is 1. The normalized spacial score (nSPS) is 9.62. The topological polar surface area (TPSA) is 49.8 Å². The molecule has 0 aliphatic rings. The van der Waals surface area contributed by atoms with Crippen LogP contribution in [-0.4, -0.2) is 12.3 Å². The molecule has 13 heavy (non-hydrogen) atoms. The number of rotatable bonds is 3. The lowest BCUT2D eigenvalue weighted by atomic mass is 10.2. The van der Waals surface area contributed by atoms with E-state index < -0.39 is 0 Å².